The molecule has 0 amide bonds. The molecule has 0 fully saturated rings. The Labute approximate surface area is 409 Å². The van der Waals surface area contributed by atoms with E-state index in [1.54, 1.807) is 0 Å². The van der Waals surface area contributed by atoms with E-state index in [4.69, 9.17) is 13.8 Å². The summed E-state index contributed by atoms with van der Waals surface area (Å²) in [5, 5.41) is 4.72. The van der Waals surface area contributed by atoms with Crippen molar-refractivity contribution in [3.05, 3.63) is 203 Å². The molecule has 0 unspecified atom stereocenters. The van der Waals surface area contributed by atoms with E-state index in [2.05, 4.69) is 219 Å². The maximum Gasteiger partial charge on any atom is 0.144 e. The van der Waals surface area contributed by atoms with Crippen LogP contribution >= 0.6 is 0 Å². The fourth-order valence-electron chi connectivity index (χ4n) is 13.4. The second-order valence-corrected chi connectivity index (χ2v) is 22.7. The van der Waals surface area contributed by atoms with Crippen LogP contribution in [-0.4, -0.2) is 4.98 Å². The smallest absolute Gasteiger partial charge is 0.144 e. The van der Waals surface area contributed by atoms with Crippen molar-refractivity contribution in [1.82, 2.24) is 4.98 Å². The third-order valence-corrected chi connectivity index (χ3v) is 16.6. The lowest BCUT2D eigenvalue weighted by atomic mass is 9.72. The van der Waals surface area contributed by atoms with Gasteiger partial charge in [-0.15, -0.1) is 0 Å². The standard InChI is InChI=1S/C66H54N2O2/c1-63(2,3)46-24-14-10-20-39(46)45-36-50-54(56-43-22-12-16-26-51(43)69-61(45)56)41-31-29-37(34-48(41)64(50,4)5)68(53-28-18-19-33-67-53)38-30-32-42-49(35-38)66(8,9)60-58(42)62-57(44-23-13-17-27-52(44)70-62)55-40-21-11-15-25-47(40)65(6,7)59(55)60/h10-36H,1-9H3. The number of hydrogen-bond donors (Lipinski definition) is 0. The third-order valence-electron chi connectivity index (χ3n) is 16.6. The predicted molar refractivity (Wildman–Crippen MR) is 290 cm³/mol. The number of hydrogen-bond acceptors (Lipinski definition) is 4. The second kappa shape index (κ2) is 13.8. The van der Waals surface area contributed by atoms with Crippen molar-refractivity contribution >= 4 is 61.1 Å². The molecule has 0 atom stereocenters. The van der Waals surface area contributed by atoms with Gasteiger partial charge in [0.25, 0.3) is 0 Å². The maximum atomic E-state index is 7.03. The molecule has 0 N–H and O–H groups in total. The van der Waals surface area contributed by atoms with Crippen molar-refractivity contribution in [3.8, 4) is 44.5 Å². The quantitative estimate of drug-likeness (QED) is 0.176. The molecule has 4 heteroatoms. The van der Waals surface area contributed by atoms with E-state index in [0.717, 1.165) is 50.5 Å². The molecule has 14 rings (SSSR count). The summed E-state index contributed by atoms with van der Waals surface area (Å²) in [5.41, 5.74) is 24.2. The average Bonchev–Trinajstić information content (AvgIpc) is 4.11. The Morgan fingerprint density at radius 3 is 1.63 bits per heavy atom. The van der Waals surface area contributed by atoms with Crippen LogP contribution in [0, 0.1) is 0 Å². The molecule has 340 valence electrons. The van der Waals surface area contributed by atoms with Crippen LogP contribution < -0.4 is 4.90 Å². The van der Waals surface area contributed by atoms with Gasteiger partial charge in [0.1, 0.15) is 28.1 Å². The van der Waals surface area contributed by atoms with E-state index < -0.39 is 0 Å². The van der Waals surface area contributed by atoms with Crippen LogP contribution in [0.2, 0.25) is 0 Å². The topological polar surface area (TPSA) is 42.4 Å². The Bertz CT molecular complexity index is 4080. The summed E-state index contributed by atoms with van der Waals surface area (Å²) in [7, 11) is 0. The molecule has 3 aromatic heterocycles. The number of fused-ring (bicyclic) bond motifs is 19. The minimum absolute atomic E-state index is 0.0615. The Hall–Kier alpha value is -7.69. The first-order valence-electron chi connectivity index (χ1n) is 24.9. The monoisotopic (exact) mass is 906 g/mol. The summed E-state index contributed by atoms with van der Waals surface area (Å²) in [6, 6.07) is 57.9. The van der Waals surface area contributed by atoms with Crippen molar-refractivity contribution in [1.29, 1.82) is 0 Å². The van der Waals surface area contributed by atoms with Crippen LogP contribution in [0.25, 0.3) is 88.4 Å². The lowest BCUT2D eigenvalue weighted by molar-refractivity contribution is 0.591. The van der Waals surface area contributed by atoms with E-state index in [0.29, 0.717) is 0 Å². The normalized spacial score (nSPS) is 15.6. The maximum absolute atomic E-state index is 7.03. The molecule has 0 bridgehead atoms. The van der Waals surface area contributed by atoms with Crippen molar-refractivity contribution in [2.24, 2.45) is 0 Å². The van der Waals surface area contributed by atoms with Crippen LogP contribution in [0.15, 0.2) is 173 Å². The van der Waals surface area contributed by atoms with E-state index in [1.165, 1.54) is 94.0 Å². The number of nitrogens with zero attached hydrogens (tertiary/aromatic N) is 2. The van der Waals surface area contributed by atoms with Gasteiger partial charge in [0.05, 0.1) is 0 Å². The molecular weight excluding hydrogens is 853 g/mol. The lowest BCUT2D eigenvalue weighted by Crippen LogP contribution is -2.24. The van der Waals surface area contributed by atoms with Crippen molar-refractivity contribution in [2.45, 2.75) is 84.0 Å². The molecule has 8 aromatic carbocycles. The summed E-state index contributed by atoms with van der Waals surface area (Å²) in [6.45, 7) is 21.4. The van der Waals surface area contributed by atoms with Gasteiger partial charge in [0.2, 0.25) is 0 Å². The first-order chi connectivity index (χ1) is 33.7. The summed E-state index contributed by atoms with van der Waals surface area (Å²) in [5.74, 6) is 0.866. The molecule has 3 heterocycles. The van der Waals surface area contributed by atoms with E-state index in [9.17, 15) is 0 Å². The van der Waals surface area contributed by atoms with Gasteiger partial charge in [-0.2, -0.15) is 0 Å². The zero-order chi connectivity index (χ0) is 47.8. The molecule has 0 radical (unpaired) electrons. The van der Waals surface area contributed by atoms with Crippen molar-refractivity contribution < 1.29 is 8.83 Å². The van der Waals surface area contributed by atoms with Gasteiger partial charge < -0.3 is 8.83 Å². The Morgan fingerprint density at radius 2 is 0.957 bits per heavy atom. The highest BCUT2D eigenvalue weighted by atomic mass is 16.3. The minimum Gasteiger partial charge on any atom is -0.455 e. The Morgan fingerprint density at radius 1 is 0.429 bits per heavy atom. The lowest BCUT2D eigenvalue weighted by Gasteiger charge is -2.31. The first-order valence-corrected chi connectivity index (χ1v) is 24.9. The molecule has 70 heavy (non-hydrogen) atoms. The van der Waals surface area contributed by atoms with Crippen LogP contribution in [0.3, 0.4) is 0 Å². The van der Waals surface area contributed by atoms with Crippen molar-refractivity contribution in [2.75, 3.05) is 4.90 Å². The summed E-state index contributed by atoms with van der Waals surface area (Å²) < 4.78 is 14.0. The van der Waals surface area contributed by atoms with Crippen molar-refractivity contribution in [3.63, 3.8) is 0 Å². The Balaban J connectivity index is 0.975. The Kier molecular flexibility index (Phi) is 8.12. The van der Waals surface area contributed by atoms with Gasteiger partial charge in [-0.1, -0.05) is 165 Å². The number of rotatable bonds is 4. The summed E-state index contributed by atoms with van der Waals surface area (Å²) >= 11 is 0. The van der Waals surface area contributed by atoms with Gasteiger partial charge in [-0.05, 0) is 132 Å². The number of anilines is 3. The highest BCUT2D eigenvalue weighted by Crippen LogP contribution is 2.64. The molecule has 11 aromatic rings. The van der Waals surface area contributed by atoms with Gasteiger partial charge in [0.15, 0.2) is 0 Å². The highest BCUT2D eigenvalue weighted by molar-refractivity contribution is 6.21. The van der Waals surface area contributed by atoms with Gasteiger partial charge in [0, 0.05) is 66.5 Å². The van der Waals surface area contributed by atoms with E-state index in [-0.39, 0.29) is 21.7 Å². The largest absolute Gasteiger partial charge is 0.455 e. The molecule has 3 aliphatic carbocycles. The van der Waals surface area contributed by atoms with E-state index >= 15 is 0 Å². The molecule has 0 saturated heterocycles. The van der Waals surface area contributed by atoms with Crippen LogP contribution in [0.5, 0.6) is 0 Å². The fourth-order valence-corrected chi connectivity index (χ4v) is 13.4. The van der Waals surface area contributed by atoms with Gasteiger partial charge in [-0.3, -0.25) is 4.90 Å². The average molecular weight is 907 g/mol. The number of benzene rings is 8. The minimum atomic E-state index is -0.351. The molecular formula is C66H54N2O2. The summed E-state index contributed by atoms with van der Waals surface area (Å²) in [6.07, 6.45) is 1.90. The molecule has 4 nitrogen and oxygen atoms in total. The molecule has 0 spiro atoms. The van der Waals surface area contributed by atoms with Gasteiger partial charge >= 0.3 is 0 Å². The highest BCUT2D eigenvalue weighted by Gasteiger charge is 2.49. The molecule has 0 saturated carbocycles. The van der Waals surface area contributed by atoms with Gasteiger partial charge in [-0.25, -0.2) is 4.98 Å². The number of furan rings is 2. The number of aromatic nitrogens is 1. The predicted octanol–water partition coefficient (Wildman–Crippen LogP) is 18.2. The van der Waals surface area contributed by atoms with E-state index in [1.807, 2.05) is 12.3 Å². The SMILES string of the molecule is CC(C)(C)c1ccccc1-c1cc2c(c3c1oc1ccccc13)-c1ccc(N(c3ccc4c(c3)C(C)(C)c3c5c(c6c(oc7ccccc76)c3-4)-c3ccccc3C5(C)C)c3ccccn3)cc1C2(C)C. The molecule has 0 aliphatic heterocycles. The number of pyridine rings is 1. The third kappa shape index (κ3) is 5.29. The zero-order valence-corrected chi connectivity index (χ0v) is 41.3. The fraction of sp³-hybridized carbons (Fsp3) is 0.197. The van der Waals surface area contributed by atoms with Crippen LogP contribution in [-0.2, 0) is 21.7 Å². The molecule has 3 aliphatic rings. The second-order valence-electron chi connectivity index (χ2n) is 22.7. The first kappa shape index (κ1) is 41.3. The number of para-hydroxylation sites is 2. The zero-order valence-electron chi connectivity index (χ0n) is 41.3. The summed E-state index contributed by atoms with van der Waals surface area (Å²) in [4.78, 5) is 7.42. The van der Waals surface area contributed by atoms with Crippen LogP contribution in [0.1, 0.15) is 101 Å². The van der Waals surface area contributed by atoms with Crippen LogP contribution in [0.4, 0.5) is 17.2 Å².